The van der Waals surface area contributed by atoms with Crippen LogP contribution in [0.1, 0.15) is 11.1 Å². The average molecular weight is 230 g/mol. The van der Waals surface area contributed by atoms with Crippen LogP contribution in [0.2, 0.25) is 0 Å². The largest absolute Gasteiger partial charge is 0.0622 e. The zero-order valence-electron chi connectivity index (χ0n) is 10.2. The van der Waals surface area contributed by atoms with Crippen LogP contribution < -0.4 is 0 Å². The van der Waals surface area contributed by atoms with Gasteiger partial charge in [-0.1, -0.05) is 54.6 Å². The Hall–Kier alpha value is -2.08. The normalized spacial score (nSPS) is 13.1. The van der Waals surface area contributed by atoms with Crippen LogP contribution in [0.25, 0.3) is 21.9 Å². The molecule has 0 fully saturated rings. The molecule has 0 saturated carbocycles. The van der Waals surface area contributed by atoms with Gasteiger partial charge in [0, 0.05) is 0 Å². The molecule has 0 N–H and O–H groups in total. The third kappa shape index (κ3) is 1.39. The van der Waals surface area contributed by atoms with E-state index < -0.39 is 0 Å². The summed E-state index contributed by atoms with van der Waals surface area (Å²) in [6.07, 6.45) is 2.39. The molecule has 4 rings (SSSR count). The van der Waals surface area contributed by atoms with Crippen molar-refractivity contribution in [2.45, 2.75) is 12.8 Å². The van der Waals surface area contributed by atoms with Gasteiger partial charge < -0.3 is 0 Å². The highest BCUT2D eigenvalue weighted by molar-refractivity contribution is 5.94. The molecule has 18 heavy (non-hydrogen) atoms. The molecule has 3 aromatic carbocycles. The van der Waals surface area contributed by atoms with Crippen molar-refractivity contribution in [2.24, 2.45) is 0 Å². The van der Waals surface area contributed by atoms with E-state index >= 15 is 0 Å². The Bertz CT molecular complexity index is 724. The van der Waals surface area contributed by atoms with Crippen LogP contribution in [0.5, 0.6) is 0 Å². The molecule has 1 aliphatic carbocycles. The highest BCUT2D eigenvalue weighted by atomic mass is 14.2. The summed E-state index contributed by atoms with van der Waals surface area (Å²) in [5, 5.41) is 2.89. The average Bonchev–Trinajstić information content (AvgIpc) is 2.85. The summed E-state index contributed by atoms with van der Waals surface area (Å²) >= 11 is 0. The van der Waals surface area contributed by atoms with Crippen molar-refractivity contribution in [2.75, 3.05) is 0 Å². The summed E-state index contributed by atoms with van der Waals surface area (Å²) in [6.45, 7) is 0. The second-order valence-electron chi connectivity index (χ2n) is 5.02. The lowest BCUT2D eigenvalue weighted by molar-refractivity contribution is 1.02. The van der Waals surface area contributed by atoms with Crippen LogP contribution in [0.4, 0.5) is 0 Å². The van der Waals surface area contributed by atoms with Gasteiger partial charge in [0.25, 0.3) is 0 Å². The number of benzene rings is 3. The molecule has 0 amide bonds. The van der Waals surface area contributed by atoms with Gasteiger partial charge >= 0.3 is 0 Å². The third-order valence-corrected chi connectivity index (χ3v) is 3.92. The van der Waals surface area contributed by atoms with Crippen LogP contribution in [0.3, 0.4) is 0 Å². The summed E-state index contributed by atoms with van der Waals surface area (Å²) in [5.41, 5.74) is 5.69. The highest BCUT2D eigenvalue weighted by Gasteiger charge is 2.14. The maximum Gasteiger partial charge on any atom is -0.0119 e. The van der Waals surface area contributed by atoms with Crippen LogP contribution in [0, 0.1) is 0 Å². The first kappa shape index (κ1) is 9.90. The fraction of sp³-hybridized carbons (Fsp3) is 0.111. The number of hydrogen-bond acceptors (Lipinski definition) is 0. The van der Waals surface area contributed by atoms with Crippen LogP contribution in [-0.2, 0) is 12.8 Å². The zero-order valence-corrected chi connectivity index (χ0v) is 10.2. The molecular weight excluding hydrogens is 216 g/mol. The van der Waals surface area contributed by atoms with Crippen LogP contribution >= 0.6 is 0 Å². The summed E-state index contributed by atoms with van der Waals surface area (Å²) in [5.74, 6) is 0. The molecule has 3 aromatic rings. The van der Waals surface area contributed by atoms with E-state index in [0.29, 0.717) is 0 Å². The van der Waals surface area contributed by atoms with E-state index in [2.05, 4.69) is 60.7 Å². The van der Waals surface area contributed by atoms with Crippen LogP contribution in [0.15, 0.2) is 60.7 Å². The van der Waals surface area contributed by atoms with Crippen molar-refractivity contribution >= 4 is 10.8 Å². The van der Waals surface area contributed by atoms with E-state index in [1.807, 2.05) is 0 Å². The van der Waals surface area contributed by atoms with E-state index in [4.69, 9.17) is 0 Å². The first-order chi connectivity index (χ1) is 8.92. The smallest absolute Gasteiger partial charge is 0.0119 e. The Labute approximate surface area is 107 Å². The van der Waals surface area contributed by atoms with E-state index in [0.717, 1.165) is 0 Å². The molecule has 0 heterocycles. The fourth-order valence-corrected chi connectivity index (χ4v) is 3.07. The maximum absolute atomic E-state index is 2.37. The first-order valence-corrected chi connectivity index (χ1v) is 6.52. The van der Waals surface area contributed by atoms with Gasteiger partial charge in [0.05, 0.1) is 0 Å². The summed E-state index contributed by atoms with van der Waals surface area (Å²) in [7, 11) is 0. The SMILES string of the molecule is c1ccc(-c2cc3c4c(cccc4c2)CC3)cc1. The minimum atomic E-state index is 1.19. The molecule has 0 aliphatic heterocycles. The first-order valence-electron chi connectivity index (χ1n) is 6.52. The fourth-order valence-electron chi connectivity index (χ4n) is 3.07. The number of hydrogen-bond donors (Lipinski definition) is 0. The Morgan fingerprint density at radius 2 is 1.44 bits per heavy atom. The van der Waals surface area contributed by atoms with Gasteiger partial charge in [0.1, 0.15) is 0 Å². The maximum atomic E-state index is 2.37. The summed E-state index contributed by atoms with van der Waals surface area (Å²) in [6, 6.07) is 22.0. The molecule has 0 spiro atoms. The molecule has 0 nitrogen and oxygen atoms in total. The second kappa shape index (κ2) is 3.71. The van der Waals surface area contributed by atoms with E-state index in [9.17, 15) is 0 Å². The highest BCUT2D eigenvalue weighted by Crippen LogP contribution is 2.34. The van der Waals surface area contributed by atoms with Crippen LogP contribution in [-0.4, -0.2) is 0 Å². The monoisotopic (exact) mass is 230 g/mol. The lowest BCUT2D eigenvalue weighted by atomic mass is 9.98. The van der Waals surface area contributed by atoms with E-state index in [-0.39, 0.29) is 0 Å². The number of aryl methyl sites for hydroxylation is 2. The minimum Gasteiger partial charge on any atom is -0.0622 e. The Kier molecular flexibility index (Phi) is 2.04. The van der Waals surface area contributed by atoms with Crippen molar-refractivity contribution in [3.05, 3.63) is 71.8 Å². The van der Waals surface area contributed by atoms with Gasteiger partial charge in [-0.15, -0.1) is 0 Å². The summed E-state index contributed by atoms with van der Waals surface area (Å²) in [4.78, 5) is 0. The predicted octanol–water partition coefficient (Wildman–Crippen LogP) is 4.61. The van der Waals surface area contributed by atoms with Gasteiger partial charge in [-0.05, 0) is 51.9 Å². The molecule has 0 heteroatoms. The zero-order chi connectivity index (χ0) is 11.9. The Balaban J connectivity index is 2.02. The molecular formula is C18H14. The van der Waals surface area contributed by atoms with E-state index in [1.54, 1.807) is 0 Å². The quantitative estimate of drug-likeness (QED) is 0.573. The number of rotatable bonds is 1. The lowest BCUT2D eigenvalue weighted by Gasteiger charge is -2.07. The van der Waals surface area contributed by atoms with Crippen molar-refractivity contribution < 1.29 is 0 Å². The van der Waals surface area contributed by atoms with Crippen molar-refractivity contribution in [3.8, 4) is 11.1 Å². The van der Waals surface area contributed by atoms with Crippen molar-refractivity contribution in [3.63, 3.8) is 0 Å². The molecule has 0 bridgehead atoms. The van der Waals surface area contributed by atoms with Crippen molar-refractivity contribution in [1.82, 2.24) is 0 Å². The molecule has 0 radical (unpaired) electrons. The minimum absolute atomic E-state index is 1.19. The van der Waals surface area contributed by atoms with E-state index in [1.165, 1.54) is 45.9 Å². The lowest BCUT2D eigenvalue weighted by Crippen LogP contribution is -1.83. The third-order valence-electron chi connectivity index (χ3n) is 3.92. The second-order valence-corrected chi connectivity index (χ2v) is 5.02. The van der Waals surface area contributed by atoms with Gasteiger partial charge in [0.15, 0.2) is 0 Å². The van der Waals surface area contributed by atoms with Gasteiger partial charge in [-0.2, -0.15) is 0 Å². The van der Waals surface area contributed by atoms with Gasteiger partial charge in [-0.3, -0.25) is 0 Å². The molecule has 1 aliphatic rings. The molecule has 0 aromatic heterocycles. The Morgan fingerprint density at radius 1 is 0.611 bits per heavy atom. The topological polar surface area (TPSA) is 0 Å². The standard InChI is InChI=1S/C18H14/c1-2-5-13(6-3-1)17-11-15-8-4-7-14-9-10-16(12-17)18(14)15/h1-8,11-12H,9-10H2. The molecule has 0 saturated heterocycles. The molecule has 0 atom stereocenters. The van der Waals surface area contributed by atoms with Crippen molar-refractivity contribution in [1.29, 1.82) is 0 Å². The van der Waals surface area contributed by atoms with Gasteiger partial charge in [0.2, 0.25) is 0 Å². The van der Waals surface area contributed by atoms with Gasteiger partial charge in [-0.25, -0.2) is 0 Å². The Morgan fingerprint density at radius 3 is 2.33 bits per heavy atom. The molecule has 0 unspecified atom stereocenters. The predicted molar refractivity (Wildman–Crippen MR) is 76.8 cm³/mol. The molecule has 86 valence electrons. The summed E-state index contributed by atoms with van der Waals surface area (Å²) < 4.78 is 0.